The topological polar surface area (TPSA) is 75.3 Å². The molecule has 1 rings (SSSR count). The molecule has 6 heteroatoms. The summed E-state index contributed by atoms with van der Waals surface area (Å²) in [6, 6.07) is 0.0134. The van der Waals surface area contributed by atoms with Gasteiger partial charge in [0.1, 0.15) is 5.75 Å². The zero-order chi connectivity index (χ0) is 12.9. The Balaban J connectivity index is 2.65. The molecular weight excluding hydrogens is 240 g/mol. The number of hydrogen-bond acceptors (Lipinski definition) is 4. The molecule has 1 aliphatic rings. The lowest BCUT2D eigenvalue weighted by Gasteiger charge is -2.20. The average molecular weight is 262 g/mol. The molecule has 2 atom stereocenters. The summed E-state index contributed by atoms with van der Waals surface area (Å²) < 4.78 is 24.2. The van der Waals surface area contributed by atoms with Gasteiger partial charge in [-0.05, 0) is 26.3 Å². The molecule has 1 aliphatic carbocycles. The van der Waals surface area contributed by atoms with Gasteiger partial charge in [-0.25, -0.2) is 8.42 Å². The maximum absolute atomic E-state index is 12.1. The first-order valence-electron chi connectivity index (χ1n) is 6.23. The molecule has 100 valence electrons. The summed E-state index contributed by atoms with van der Waals surface area (Å²) in [5.74, 6) is -0.775. The highest BCUT2D eigenvalue weighted by Crippen LogP contribution is 2.26. The predicted molar refractivity (Wildman–Crippen MR) is 67.6 cm³/mol. The van der Waals surface area contributed by atoms with Crippen molar-refractivity contribution in [2.45, 2.75) is 44.4 Å². The third-order valence-electron chi connectivity index (χ3n) is 3.09. The molecule has 5 nitrogen and oxygen atoms in total. The van der Waals surface area contributed by atoms with E-state index in [2.05, 4.69) is 10.6 Å². The molecule has 0 aromatic heterocycles. The van der Waals surface area contributed by atoms with Crippen molar-refractivity contribution in [2.24, 2.45) is 0 Å². The summed E-state index contributed by atoms with van der Waals surface area (Å²) in [4.78, 5) is 11.4. The first-order valence-corrected chi connectivity index (χ1v) is 7.94. The lowest BCUT2D eigenvalue weighted by molar-refractivity contribution is -0.118. The fourth-order valence-corrected chi connectivity index (χ4v) is 4.33. The van der Waals surface area contributed by atoms with Gasteiger partial charge >= 0.3 is 0 Å². The Morgan fingerprint density at radius 3 is 2.53 bits per heavy atom. The van der Waals surface area contributed by atoms with Gasteiger partial charge < -0.3 is 10.6 Å². The van der Waals surface area contributed by atoms with Gasteiger partial charge in [0.25, 0.3) is 0 Å². The molecule has 1 saturated carbocycles. The van der Waals surface area contributed by atoms with Gasteiger partial charge in [0.2, 0.25) is 5.91 Å². The van der Waals surface area contributed by atoms with E-state index < -0.39 is 21.0 Å². The van der Waals surface area contributed by atoms with Gasteiger partial charge in [-0.2, -0.15) is 0 Å². The molecule has 17 heavy (non-hydrogen) atoms. The molecule has 0 bridgehead atoms. The van der Waals surface area contributed by atoms with Crippen molar-refractivity contribution in [1.82, 2.24) is 10.6 Å². The van der Waals surface area contributed by atoms with E-state index in [0.717, 1.165) is 19.4 Å². The number of nitrogens with one attached hydrogen (secondary N) is 2. The Morgan fingerprint density at radius 1 is 1.24 bits per heavy atom. The van der Waals surface area contributed by atoms with Gasteiger partial charge in [-0.3, -0.25) is 4.79 Å². The largest absolute Gasteiger partial charge is 0.356 e. The zero-order valence-electron chi connectivity index (χ0n) is 10.5. The highest BCUT2D eigenvalue weighted by molar-refractivity contribution is 7.92. The van der Waals surface area contributed by atoms with E-state index in [4.69, 9.17) is 0 Å². The van der Waals surface area contributed by atoms with Crippen molar-refractivity contribution < 1.29 is 13.2 Å². The van der Waals surface area contributed by atoms with Crippen LogP contribution in [0.3, 0.4) is 0 Å². The molecule has 0 heterocycles. The second-order valence-electron chi connectivity index (χ2n) is 4.39. The molecule has 2 unspecified atom stereocenters. The van der Waals surface area contributed by atoms with Crippen LogP contribution in [0.2, 0.25) is 0 Å². The van der Waals surface area contributed by atoms with Gasteiger partial charge in [0, 0.05) is 12.6 Å². The molecule has 0 radical (unpaired) electrons. The van der Waals surface area contributed by atoms with Crippen molar-refractivity contribution in [3.8, 4) is 0 Å². The van der Waals surface area contributed by atoms with E-state index in [1.807, 2.05) is 6.92 Å². The third kappa shape index (κ3) is 3.96. The Morgan fingerprint density at radius 2 is 1.94 bits per heavy atom. The zero-order valence-corrected chi connectivity index (χ0v) is 11.3. The van der Waals surface area contributed by atoms with Crippen molar-refractivity contribution in [2.75, 3.05) is 18.8 Å². The fraction of sp³-hybridized carbons (Fsp3) is 0.909. The van der Waals surface area contributed by atoms with Crippen LogP contribution in [0.5, 0.6) is 0 Å². The summed E-state index contributed by atoms with van der Waals surface area (Å²) in [5.41, 5.74) is 0. The fourth-order valence-electron chi connectivity index (χ4n) is 2.39. The summed E-state index contributed by atoms with van der Waals surface area (Å²) in [6.45, 7) is 4.97. The number of carbonyl (C=O) groups is 1. The van der Waals surface area contributed by atoms with Gasteiger partial charge in [-0.1, -0.05) is 13.3 Å². The third-order valence-corrected chi connectivity index (χ3v) is 5.24. The Kier molecular flexibility index (Phi) is 5.39. The second-order valence-corrected chi connectivity index (χ2v) is 6.61. The number of carbonyl (C=O) groups excluding carboxylic acids is 1. The molecular formula is C11H22N2O3S. The van der Waals surface area contributed by atoms with E-state index in [0.29, 0.717) is 13.0 Å². The number of sulfone groups is 1. The van der Waals surface area contributed by atoms with Gasteiger partial charge in [-0.15, -0.1) is 0 Å². The van der Waals surface area contributed by atoms with Crippen LogP contribution in [0.4, 0.5) is 0 Å². The van der Waals surface area contributed by atoms with Gasteiger partial charge in [0.15, 0.2) is 9.84 Å². The first kappa shape index (κ1) is 14.4. The average Bonchev–Trinajstić information content (AvgIpc) is 2.66. The number of amides is 1. The van der Waals surface area contributed by atoms with Crippen molar-refractivity contribution in [1.29, 1.82) is 0 Å². The van der Waals surface area contributed by atoms with Crippen LogP contribution in [-0.2, 0) is 14.6 Å². The van der Waals surface area contributed by atoms with Crippen LogP contribution in [0.1, 0.15) is 33.1 Å². The molecule has 0 spiro atoms. The standard InChI is InChI=1S/C11H22N2O3S/c1-3-12-9-6-5-7-10(9)17(15,16)8-11(14)13-4-2/h9-10,12H,3-8H2,1-2H3,(H,13,14). The molecule has 0 aliphatic heterocycles. The maximum atomic E-state index is 12.1. The highest BCUT2D eigenvalue weighted by Gasteiger charge is 2.37. The summed E-state index contributed by atoms with van der Waals surface area (Å²) in [7, 11) is -3.33. The van der Waals surface area contributed by atoms with E-state index in [-0.39, 0.29) is 11.8 Å². The van der Waals surface area contributed by atoms with E-state index in [1.54, 1.807) is 6.92 Å². The van der Waals surface area contributed by atoms with E-state index >= 15 is 0 Å². The molecule has 0 saturated heterocycles. The minimum Gasteiger partial charge on any atom is -0.356 e. The Labute approximate surface area is 103 Å². The van der Waals surface area contributed by atoms with Crippen LogP contribution in [-0.4, -0.2) is 44.5 Å². The summed E-state index contributed by atoms with van der Waals surface area (Å²) >= 11 is 0. The first-order chi connectivity index (χ1) is 8.01. The van der Waals surface area contributed by atoms with Crippen LogP contribution in [0.25, 0.3) is 0 Å². The lowest BCUT2D eigenvalue weighted by atomic mass is 10.2. The lowest BCUT2D eigenvalue weighted by Crippen LogP contribution is -2.43. The Bertz CT molecular complexity index is 354. The summed E-state index contributed by atoms with van der Waals surface area (Å²) in [6.07, 6.45) is 2.46. The quantitative estimate of drug-likeness (QED) is 0.710. The van der Waals surface area contributed by atoms with Crippen LogP contribution < -0.4 is 10.6 Å². The molecule has 2 N–H and O–H groups in total. The number of rotatable bonds is 6. The monoisotopic (exact) mass is 262 g/mol. The highest BCUT2D eigenvalue weighted by atomic mass is 32.2. The predicted octanol–water partition coefficient (Wildman–Crippen LogP) is 0.0679. The van der Waals surface area contributed by atoms with E-state index in [9.17, 15) is 13.2 Å². The SMILES string of the molecule is CCNC(=O)CS(=O)(=O)C1CCCC1NCC. The molecule has 0 aromatic carbocycles. The normalized spacial score (nSPS) is 24.8. The van der Waals surface area contributed by atoms with Crippen LogP contribution in [0, 0.1) is 0 Å². The van der Waals surface area contributed by atoms with Crippen molar-refractivity contribution >= 4 is 15.7 Å². The second kappa shape index (κ2) is 6.35. The molecule has 1 fully saturated rings. The van der Waals surface area contributed by atoms with Crippen molar-refractivity contribution in [3.63, 3.8) is 0 Å². The maximum Gasteiger partial charge on any atom is 0.235 e. The van der Waals surface area contributed by atoms with Crippen LogP contribution >= 0.6 is 0 Å². The van der Waals surface area contributed by atoms with Gasteiger partial charge in [0.05, 0.1) is 5.25 Å². The van der Waals surface area contributed by atoms with Crippen LogP contribution in [0.15, 0.2) is 0 Å². The number of hydrogen-bond donors (Lipinski definition) is 2. The minimum absolute atomic E-state index is 0.0134. The minimum atomic E-state index is -3.33. The smallest absolute Gasteiger partial charge is 0.235 e. The molecule has 1 amide bonds. The Hall–Kier alpha value is -0.620. The summed E-state index contributed by atoms with van der Waals surface area (Å²) in [5, 5.41) is 5.33. The van der Waals surface area contributed by atoms with E-state index in [1.165, 1.54) is 0 Å². The van der Waals surface area contributed by atoms with Crippen molar-refractivity contribution in [3.05, 3.63) is 0 Å². The molecule has 0 aromatic rings.